The second-order valence-corrected chi connectivity index (χ2v) is 8.19. The van der Waals surface area contributed by atoms with Crippen LogP contribution in [0.3, 0.4) is 0 Å². The number of rotatable bonds is 5. The van der Waals surface area contributed by atoms with E-state index < -0.39 is 11.9 Å². The van der Waals surface area contributed by atoms with Crippen LogP contribution in [0.4, 0.5) is 10.2 Å². The van der Waals surface area contributed by atoms with Crippen molar-refractivity contribution in [1.82, 2.24) is 9.88 Å². The van der Waals surface area contributed by atoms with E-state index in [0.717, 1.165) is 11.1 Å². The van der Waals surface area contributed by atoms with Crippen molar-refractivity contribution in [3.63, 3.8) is 0 Å². The first-order valence-electron chi connectivity index (χ1n) is 9.94. The van der Waals surface area contributed by atoms with Crippen LogP contribution >= 0.6 is 23.2 Å². The first kappa shape index (κ1) is 22.4. The summed E-state index contributed by atoms with van der Waals surface area (Å²) in [6, 6.07) is 2.61. The minimum absolute atomic E-state index is 0.0146. The van der Waals surface area contributed by atoms with Crippen LogP contribution in [0.2, 0.25) is 10.0 Å². The number of nitrogens with zero attached hydrogens (tertiary/aromatic N) is 2. The van der Waals surface area contributed by atoms with Crippen LogP contribution in [-0.4, -0.2) is 35.4 Å². The summed E-state index contributed by atoms with van der Waals surface area (Å²) in [7, 11) is 0. The van der Waals surface area contributed by atoms with E-state index in [1.807, 2.05) is 6.08 Å². The maximum absolute atomic E-state index is 14.0. The normalized spacial score (nSPS) is 15.0. The molecular weight excluding hydrogens is 458 g/mol. The fourth-order valence-corrected chi connectivity index (χ4v) is 4.44. The predicted octanol–water partition coefficient (Wildman–Crippen LogP) is 4.57. The van der Waals surface area contributed by atoms with Crippen LogP contribution in [0.5, 0.6) is 5.75 Å². The summed E-state index contributed by atoms with van der Waals surface area (Å²) in [6.45, 7) is 2.70. The van der Waals surface area contributed by atoms with Crippen LogP contribution in [0.1, 0.15) is 30.6 Å². The lowest BCUT2D eigenvalue weighted by molar-refractivity contribution is -0.129. The molecule has 4 rings (SSSR count). The number of furan rings is 1. The Bertz CT molecular complexity index is 1230. The molecule has 1 atom stereocenters. The summed E-state index contributed by atoms with van der Waals surface area (Å²) in [5.41, 5.74) is 14.1. The number of aromatic nitrogens is 1. The van der Waals surface area contributed by atoms with Crippen LogP contribution in [0, 0.1) is 5.82 Å². The van der Waals surface area contributed by atoms with E-state index >= 15 is 0 Å². The molecular formula is C22H21Cl2FN4O3. The summed E-state index contributed by atoms with van der Waals surface area (Å²) in [5.74, 6) is -0.358. The van der Waals surface area contributed by atoms with Crippen LogP contribution < -0.4 is 16.2 Å². The Morgan fingerprint density at radius 2 is 2.19 bits per heavy atom. The number of hydrogen-bond acceptors (Lipinski definition) is 6. The average Bonchev–Trinajstić information content (AvgIpc) is 3.22. The highest BCUT2D eigenvalue weighted by Crippen LogP contribution is 2.41. The third-order valence-corrected chi connectivity index (χ3v) is 6.18. The van der Waals surface area contributed by atoms with Gasteiger partial charge in [0.15, 0.2) is 11.4 Å². The monoisotopic (exact) mass is 478 g/mol. The number of halogens is 3. The first-order valence-corrected chi connectivity index (χ1v) is 10.7. The van der Waals surface area contributed by atoms with Gasteiger partial charge in [0, 0.05) is 35.4 Å². The van der Waals surface area contributed by atoms with Crippen molar-refractivity contribution in [3.8, 4) is 5.75 Å². The van der Waals surface area contributed by atoms with Crippen molar-refractivity contribution in [1.29, 1.82) is 0 Å². The highest BCUT2D eigenvalue weighted by Gasteiger charge is 2.24. The molecule has 0 saturated heterocycles. The van der Waals surface area contributed by atoms with E-state index in [-0.39, 0.29) is 34.1 Å². The third kappa shape index (κ3) is 4.01. The molecule has 0 bridgehead atoms. The highest BCUT2D eigenvalue weighted by atomic mass is 35.5. The maximum atomic E-state index is 14.0. The molecule has 1 aliphatic heterocycles. The number of nitrogen functional groups attached to an aromatic ring is 1. The lowest BCUT2D eigenvalue weighted by Gasteiger charge is -2.25. The summed E-state index contributed by atoms with van der Waals surface area (Å²) < 4.78 is 25.8. The number of hydrogen-bond donors (Lipinski definition) is 2. The van der Waals surface area contributed by atoms with E-state index in [9.17, 15) is 9.18 Å². The Morgan fingerprint density at radius 3 is 2.88 bits per heavy atom. The van der Waals surface area contributed by atoms with Crippen molar-refractivity contribution in [2.45, 2.75) is 19.4 Å². The number of pyridine rings is 1. The van der Waals surface area contributed by atoms with Gasteiger partial charge in [0.25, 0.3) is 0 Å². The number of carbonyl (C=O) groups is 1. The SMILES string of the molecule is C[C@@H](Oc1c(N)ncc2c(C3=CCN(C(=O)CN)CC3)coc12)c1c(Cl)ccc(F)c1Cl. The van der Waals surface area contributed by atoms with Crippen molar-refractivity contribution in [2.24, 2.45) is 5.73 Å². The lowest BCUT2D eigenvalue weighted by Crippen LogP contribution is -2.38. The van der Waals surface area contributed by atoms with Gasteiger partial charge in [0.2, 0.25) is 11.7 Å². The van der Waals surface area contributed by atoms with Gasteiger partial charge in [-0.3, -0.25) is 4.79 Å². The molecule has 0 fully saturated rings. The van der Waals surface area contributed by atoms with Gasteiger partial charge in [0.1, 0.15) is 11.9 Å². The molecule has 1 aliphatic rings. The van der Waals surface area contributed by atoms with E-state index in [4.69, 9.17) is 43.8 Å². The van der Waals surface area contributed by atoms with Crippen molar-refractivity contribution < 1.29 is 18.3 Å². The first-order chi connectivity index (χ1) is 15.3. The molecule has 4 N–H and O–H groups in total. The Kier molecular flexibility index (Phi) is 6.28. The molecule has 0 unspecified atom stereocenters. The van der Waals surface area contributed by atoms with Crippen LogP contribution in [0.25, 0.3) is 16.5 Å². The summed E-state index contributed by atoms with van der Waals surface area (Å²) in [6.07, 6.45) is 5.11. The average molecular weight is 479 g/mol. The quantitative estimate of drug-likeness (QED) is 0.519. The molecule has 3 aromatic rings. The van der Waals surface area contributed by atoms with Gasteiger partial charge in [-0.25, -0.2) is 9.37 Å². The van der Waals surface area contributed by atoms with Crippen molar-refractivity contribution >= 4 is 51.5 Å². The van der Waals surface area contributed by atoms with Gasteiger partial charge < -0.3 is 25.5 Å². The molecule has 2 aromatic heterocycles. The van der Waals surface area contributed by atoms with Crippen molar-refractivity contribution in [3.05, 3.63) is 57.7 Å². The number of carbonyl (C=O) groups excluding carboxylic acids is 1. The molecule has 0 radical (unpaired) electrons. The zero-order valence-corrected chi connectivity index (χ0v) is 18.7. The molecule has 0 spiro atoms. The molecule has 1 amide bonds. The van der Waals surface area contributed by atoms with Gasteiger partial charge in [-0.1, -0.05) is 29.3 Å². The maximum Gasteiger partial charge on any atom is 0.236 e. The largest absolute Gasteiger partial charge is 0.478 e. The van der Waals surface area contributed by atoms with Crippen LogP contribution in [0.15, 0.2) is 35.1 Å². The van der Waals surface area contributed by atoms with Gasteiger partial charge in [-0.15, -0.1) is 0 Å². The minimum Gasteiger partial charge on any atom is -0.478 e. The molecule has 7 nitrogen and oxygen atoms in total. The molecule has 0 saturated carbocycles. The zero-order valence-electron chi connectivity index (χ0n) is 17.2. The molecule has 32 heavy (non-hydrogen) atoms. The molecule has 1 aromatic carbocycles. The Hall–Kier alpha value is -2.81. The fourth-order valence-electron chi connectivity index (χ4n) is 3.76. The number of benzene rings is 1. The van der Waals surface area contributed by atoms with Gasteiger partial charge >= 0.3 is 0 Å². The Balaban J connectivity index is 1.67. The standard InChI is InChI=1S/C22H21Cl2FN4O3/c1-11(18-15(23)2-3-16(25)19(18)24)32-21-20-13(9-28-22(21)27)14(10-31-20)12-4-6-29(7-5-12)17(30)8-26/h2-4,9-11H,5-8,26H2,1H3,(H2,27,28)/t11-/m1/s1. The van der Waals surface area contributed by atoms with Crippen molar-refractivity contribution in [2.75, 3.05) is 25.4 Å². The van der Waals surface area contributed by atoms with E-state index in [1.54, 1.807) is 24.3 Å². The predicted molar refractivity (Wildman–Crippen MR) is 122 cm³/mol. The summed E-state index contributed by atoms with van der Waals surface area (Å²) >= 11 is 12.3. The third-order valence-electron chi connectivity index (χ3n) is 5.46. The number of amides is 1. The number of fused-ring (bicyclic) bond motifs is 1. The molecule has 3 heterocycles. The van der Waals surface area contributed by atoms with Gasteiger partial charge in [-0.2, -0.15) is 0 Å². The second-order valence-electron chi connectivity index (χ2n) is 7.40. The fraction of sp³-hybridized carbons (Fsp3) is 0.273. The van der Waals surface area contributed by atoms with E-state index in [2.05, 4.69) is 4.98 Å². The van der Waals surface area contributed by atoms with E-state index in [1.165, 1.54) is 12.1 Å². The molecule has 0 aliphatic carbocycles. The lowest BCUT2D eigenvalue weighted by atomic mass is 9.99. The van der Waals surface area contributed by atoms with Crippen LogP contribution in [-0.2, 0) is 4.79 Å². The second kappa shape index (κ2) is 8.97. The zero-order chi connectivity index (χ0) is 23.0. The number of nitrogens with two attached hydrogens (primary N) is 2. The molecule has 10 heteroatoms. The Morgan fingerprint density at radius 1 is 1.41 bits per heavy atom. The number of anilines is 1. The topological polar surface area (TPSA) is 108 Å². The number of ether oxygens (including phenoxy) is 1. The summed E-state index contributed by atoms with van der Waals surface area (Å²) in [4.78, 5) is 17.8. The highest BCUT2D eigenvalue weighted by molar-refractivity contribution is 6.36. The van der Waals surface area contributed by atoms with Gasteiger partial charge in [0.05, 0.1) is 23.2 Å². The van der Waals surface area contributed by atoms with Gasteiger partial charge in [-0.05, 0) is 31.1 Å². The molecule has 168 valence electrons. The minimum atomic E-state index is -0.723. The van der Waals surface area contributed by atoms with E-state index in [0.29, 0.717) is 36.0 Å². The smallest absolute Gasteiger partial charge is 0.236 e. The summed E-state index contributed by atoms with van der Waals surface area (Å²) in [5, 5.41) is 0.863. The Labute approximate surface area is 193 Å².